The van der Waals surface area contributed by atoms with Crippen molar-refractivity contribution in [3.63, 3.8) is 0 Å². The number of nitrogens with zero attached hydrogens (tertiary/aromatic N) is 2. The van der Waals surface area contributed by atoms with Crippen LogP contribution in [0.25, 0.3) is 21.3 Å². The van der Waals surface area contributed by atoms with Crippen LogP contribution in [0.2, 0.25) is 0 Å². The summed E-state index contributed by atoms with van der Waals surface area (Å²) in [5, 5.41) is 4.58. The van der Waals surface area contributed by atoms with E-state index in [4.69, 9.17) is 4.74 Å². The number of hydrogen-bond acceptors (Lipinski definition) is 5. The SMILES string of the molecule is CCCCc1ccc(Nc2ncnc3sc(C)c(-c4ccc(OCC)cc4)c23)cc1. The van der Waals surface area contributed by atoms with Crippen LogP contribution in [0.15, 0.2) is 54.9 Å². The number of rotatable bonds is 8. The Morgan fingerprint density at radius 3 is 2.43 bits per heavy atom. The van der Waals surface area contributed by atoms with E-state index < -0.39 is 0 Å². The number of aryl methyl sites for hydroxylation is 2. The molecule has 4 nitrogen and oxygen atoms in total. The molecule has 0 saturated carbocycles. The van der Waals surface area contributed by atoms with Crippen molar-refractivity contribution in [3.05, 3.63) is 65.3 Å². The van der Waals surface area contributed by atoms with Crippen LogP contribution in [0.1, 0.15) is 37.1 Å². The zero-order valence-electron chi connectivity index (χ0n) is 17.7. The van der Waals surface area contributed by atoms with Crippen LogP contribution in [0.3, 0.4) is 0 Å². The van der Waals surface area contributed by atoms with Gasteiger partial charge in [0, 0.05) is 16.1 Å². The lowest BCUT2D eigenvalue weighted by atomic mass is 10.0. The molecular formula is C25H27N3OS. The third-order valence-corrected chi connectivity index (χ3v) is 6.17. The Hall–Kier alpha value is -2.92. The highest BCUT2D eigenvalue weighted by molar-refractivity contribution is 7.19. The van der Waals surface area contributed by atoms with E-state index in [0.717, 1.165) is 39.5 Å². The summed E-state index contributed by atoms with van der Waals surface area (Å²) in [6.07, 6.45) is 5.20. The first-order chi connectivity index (χ1) is 14.7. The van der Waals surface area contributed by atoms with Crippen LogP contribution in [0.4, 0.5) is 11.5 Å². The lowest BCUT2D eigenvalue weighted by molar-refractivity contribution is 0.340. The van der Waals surface area contributed by atoms with Gasteiger partial charge in [0.1, 0.15) is 22.7 Å². The molecule has 0 amide bonds. The molecule has 2 aromatic carbocycles. The largest absolute Gasteiger partial charge is 0.494 e. The second-order valence-corrected chi connectivity index (χ2v) is 8.52. The van der Waals surface area contributed by atoms with Crippen molar-refractivity contribution in [2.24, 2.45) is 0 Å². The highest BCUT2D eigenvalue weighted by atomic mass is 32.1. The van der Waals surface area contributed by atoms with Crippen LogP contribution in [-0.2, 0) is 6.42 Å². The van der Waals surface area contributed by atoms with Gasteiger partial charge in [-0.2, -0.15) is 0 Å². The Morgan fingerprint density at radius 1 is 0.967 bits per heavy atom. The van der Waals surface area contributed by atoms with E-state index in [1.807, 2.05) is 19.1 Å². The molecular weight excluding hydrogens is 390 g/mol. The Labute approximate surface area is 182 Å². The minimum absolute atomic E-state index is 0.666. The molecule has 0 radical (unpaired) electrons. The fourth-order valence-corrected chi connectivity index (χ4v) is 4.66. The van der Waals surface area contributed by atoms with Gasteiger partial charge in [-0.1, -0.05) is 37.6 Å². The molecule has 0 aliphatic rings. The van der Waals surface area contributed by atoms with Gasteiger partial charge in [0.15, 0.2) is 0 Å². The Bertz CT molecular complexity index is 1120. The summed E-state index contributed by atoms with van der Waals surface area (Å²) in [7, 11) is 0. The summed E-state index contributed by atoms with van der Waals surface area (Å²) in [6.45, 7) is 7.03. The van der Waals surface area contributed by atoms with E-state index in [9.17, 15) is 0 Å². The van der Waals surface area contributed by atoms with Crippen LogP contribution >= 0.6 is 11.3 Å². The van der Waals surface area contributed by atoms with Crippen LogP contribution in [0, 0.1) is 6.92 Å². The molecule has 2 heterocycles. The number of benzene rings is 2. The summed E-state index contributed by atoms with van der Waals surface area (Å²) in [4.78, 5) is 11.3. The molecule has 2 aromatic heterocycles. The molecule has 30 heavy (non-hydrogen) atoms. The van der Waals surface area contributed by atoms with Crippen molar-refractivity contribution >= 4 is 33.1 Å². The number of fused-ring (bicyclic) bond motifs is 1. The van der Waals surface area contributed by atoms with Crippen molar-refractivity contribution in [2.75, 3.05) is 11.9 Å². The van der Waals surface area contributed by atoms with Gasteiger partial charge in [-0.15, -0.1) is 11.3 Å². The second kappa shape index (κ2) is 9.26. The molecule has 0 aliphatic carbocycles. The number of aromatic nitrogens is 2. The first-order valence-electron chi connectivity index (χ1n) is 10.5. The molecule has 0 fully saturated rings. The van der Waals surface area contributed by atoms with Gasteiger partial charge in [-0.25, -0.2) is 9.97 Å². The molecule has 0 unspecified atom stereocenters. The fraction of sp³-hybridized carbons (Fsp3) is 0.280. The highest BCUT2D eigenvalue weighted by Gasteiger charge is 2.17. The van der Waals surface area contributed by atoms with Crippen LogP contribution < -0.4 is 10.1 Å². The van der Waals surface area contributed by atoms with Gasteiger partial charge in [-0.3, -0.25) is 0 Å². The van der Waals surface area contributed by atoms with Crippen molar-refractivity contribution in [3.8, 4) is 16.9 Å². The fourth-order valence-electron chi connectivity index (χ4n) is 3.64. The Morgan fingerprint density at radius 2 is 1.73 bits per heavy atom. The van der Waals surface area contributed by atoms with Crippen LogP contribution in [0.5, 0.6) is 5.75 Å². The first-order valence-corrected chi connectivity index (χ1v) is 11.3. The minimum atomic E-state index is 0.666. The number of nitrogens with one attached hydrogen (secondary N) is 1. The Balaban J connectivity index is 1.69. The van der Waals surface area contributed by atoms with Crippen molar-refractivity contribution < 1.29 is 4.74 Å². The van der Waals surface area contributed by atoms with E-state index in [1.54, 1.807) is 17.7 Å². The maximum atomic E-state index is 5.60. The zero-order valence-corrected chi connectivity index (χ0v) is 18.6. The zero-order chi connectivity index (χ0) is 20.9. The number of unbranched alkanes of at least 4 members (excludes halogenated alkanes) is 1. The smallest absolute Gasteiger partial charge is 0.143 e. The first kappa shape index (κ1) is 20.4. The third-order valence-electron chi connectivity index (χ3n) is 5.15. The maximum Gasteiger partial charge on any atom is 0.143 e. The van der Waals surface area contributed by atoms with Crippen molar-refractivity contribution in [2.45, 2.75) is 40.0 Å². The summed E-state index contributed by atoms with van der Waals surface area (Å²) in [5.41, 5.74) is 4.74. The molecule has 0 spiro atoms. The molecule has 4 aromatic rings. The maximum absolute atomic E-state index is 5.60. The average molecular weight is 418 g/mol. The minimum Gasteiger partial charge on any atom is -0.494 e. The topological polar surface area (TPSA) is 47.0 Å². The normalized spacial score (nSPS) is 11.0. The molecule has 0 bridgehead atoms. The number of thiophene rings is 1. The summed E-state index contributed by atoms with van der Waals surface area (Å²) >= 11 is 1.70. The third kappa shape index (κ3) is 4.31. The summed E-state index contributed by atoms with van der Waals surface area (Å²) in [6, 6.07) is 16.9. The molecule has 1 N–H and O–H groups in total. The number of anilines is 2. The molecule has 5 heteroatoms. The van der Waals surface area contributed by atoms with Gasteiger partial charge in [0.25, 0.3) is 0 Å². The van der Waals surface area contributed by atoms with Gasteiger partial charge in [0.2, 0.25) is 0 Å². The molecule has 154 valence electrons. The molecule has 0 atom stereocenters. The predicted molar refractivity (Wildman–Crippen MR) is 127 cm³/mol. The Kier molecular flexibility index (Phi) is 6.29. The van der Waals surface area contributed by atoms with Crippen LogP contribution in [-0.4, -0.2) is 16.6 Å². The lowest BCUT2D eigenvalue weighted by Crippen LogP contribution is -1.96. The molecule has 4 rings (SSSR count). The van der Waals surface area contributed by atoms with E-state index in [2.05, 4.69) is 65.5 Å². The second-order valence-electron chi connectivity index (χ2n) is 7.32. The quantitative estimate of drug-likeness (QED) is 0.331. The lowest BCUT2D eigenvalue weighted by Gasteiger charge is -2.10. The van der Waals surface area contributed by atoms with E-state index in [-0.39, 0.29) is 0 Å². The van der Waals surface area contributed by atoms with Crippen molar-refractivity contribution in [1.82, 2.24) is 9.97 Å². The number of ether oxygens (including phenoxy) is 1. The van der Waals surface area contributed by atoms with E-state index in [0.29, 0.717) is 6.61 Å². The van der Waals surface area contributed by atoms with Gasteiger partial charge in [0.05, 0.1) is 12.0 Å². The van der Waals surface area contributed by atoms with E-state index in [1.165, 1.54) is 28.8 Å². The van der Waals surface area contributed by atoms with Crippen molar-refractivity contribution in [1.29, 1.82) is 0 Å². The highest BCUT2D eigenvalue weighted by Crippen LogP contribution is 2.41. The summed E-state index contributed by atoms with van der Waals surface area (Å²) in [5.74, 6) is 1.73. The van der Waals surface area contributed by atoms with Gasteiger partial charge < -0.3 is 10.1 Å². The van der Waals surface area contributed by atoms with E-state index >= 15 is 0 Å². The predicted octanol–water partition coefficient (Wildman–Crippen LogP) is 7.15. The van der Waals surface area contributed by atoms with Gasteiger partial charge in [-0.05, 0) is 62.1 Å². The standard InChI is InChI=1S/C25H27N3OS/c1-4-6-7-18-8-12-20(13-9-18)28-24-23-22(17(3)30-25(23)27-16-26-24)19-10-14-21(15-11-19)29-5-2/h8-16H,4-7H2,1-3H3,(H,26,27,28). The summed E-state index contributed by atoms with van der Waals surface area (Å²) < 4.78 is 5.60. The average Bonchev–Trinajstić information content (AvgIpc) is 3.11. The molecule has 0 saturated heterocycles. The monoisotopic (exact) mass is 417 g/mol. The molecule has 0 aliphatic heterocycles. The van der Waals surface area contributed by atoms with Gasteiger partial charge >= 0.3 is 0 Å². The number of hydrogen-bond donors (Lipinski definition) is 1.